The van der Waals surface area contributed by atoms with E-state index in [1.54, 1.807) is 7.11 Å². The highest BCUT2D eigenvalue weighted by atomic mass is 16.5. The van der Waals surface area contributed by atoms with E-state index in [2.05, 4.69) is 0 Å². The van der Waals surface area contributed by atoms with Crippen molar-refractivity contribution >= 4 is 0 Å². The Morgan fingerprint density at radius 1 is 1.35 bits per heavy atom. The fraction of sp³-hybridized carbons (Fsp3) is 0.571. The van der Waals surface area contributed by atoms with E-state index in [0.29, 0.717) is 12.3 Å². The van der Waals surface area contributed by atoms with Crippen LogP contribution in [-0.2, 0) is 5.41 Å². The Hall–Kier alpha value is -1.22. The van der Waals surface area contributed by atoms with Gasteiger partial charge < -0.3 is 15.6 Å². The second-order valence-electron chi connectivity index (χ2n) is 5.06. The van der Waals surface area contributed by atoms with Crippen LogP contribution in [0.1, 0.15) is 36.0 Å². The molecule has 0 saturated heterocycles. The third-order valence-corrected chi connectivity index (χ3v) is 4.31. The minimum atomic E-state index is -0.0319. The van der Waals surface area contributed by atoms with E-state index in [4.69, 9.17) is 10.5 Å². The summed E-state index contributed by atoms with van der Waals surface area (Å²) >= 11 is 0. The number of aromatic hydroxyl groups is 1. The standard InChI is InChI=1S/C14H21NO2/c1-9-10(2)13(16)11(7-12(9)17-3)14(8-15)5-4-6-14/h7,16H,4-6,8,15H2,1-3H3. The predicted molar refractivity (Wildman–Crippen MR) is 68.7 cm³/mol. The molecule has 17 heavy (non-hydrogen) atoms. The molecule has 1 aliphatic carbocycles. The summed E-state index contributed by atoms with van der Waals surface area (Å²) in [5.74, 6) is 1.24. The number of nitrogens with two attached hydrogens (primary N) is 1. The Balaban J connectivity index is 2.58. The molecule has 3 nitrogen and oxygen atoms in total. The maximum Gasteiger partial charge on any atom is 0.122 e. The Morgan fingerprint density at radius 3 is 2.41 bits per heavy atom. The van der Waals surface area contributed by atoms with Crippen molar-refractivity contribution in [2.75, 3.05) is 13.7 Å². The minimum Gasteiger partial charge on any atom is -0.507 e. The summed E-state index contributed by atoms with van der Waals surface area (Å²) in [5.41, 5.74) is 8.73. The van der Waals surface area contributed by atoms with Crippen LogP contribution in [0.5, 0.6) is 11.5 Å². The monoisotopic (exact) mass is 235 g/mol. The first kappa shape index (κ1) is 12.2. The van der Waals surface area contributed by atoms with Crippen molar-refractivity contribution in [1.82, 2.24) is 0 Å². The molecule has 0 bridgehead atoms. The van der Waals surface area contributed by atoms with Crippen LogP contribution in [0.15, 0.2) is 6.07 Å². The molecule has 94 valence electrons. The van der Waals surface area contributed by atoms with Gasteiger partial charge in [-0.2, -0.15) is 0 Å². The molecule has 2 rings (SSSR count). The lowest BCUT2D eigenvalue weighted by Crippen LogP contribution is -2.41. The zero-order valence-electron chi connectivity index (χ0n) is 10.8. The number of rotatable bonds is 3. The third-order valence-electron chi connectivity index (χ3n) is 4.31. The van der Waals surface area contributed by atoms with Crippen LogP contribution in [-0.4, -0.2) is 18.8 Å². The van der Waals surface area contributed by atoms with Gasteiger partial charge in [0.05, 0.1) is 7.11 Å². The first-order valence-electron chi connectivity index (χ1n) is 6.13. The van der Waals surface area contributed by atoms with Gasteiger partial charge in [0.15, 0.2) is 0 Å². The highest BCUT2D eigenvalue weighted by Gasteiger charge is 2.40. The highest BCUT2D eigenvalue weighted by Crippen LogP contribution is 2.48. The van der Waals surface area contributed by atoms with E-state index < -0.39 is 0 Å². The topological polar surface area (TPSA) is 55.5 Å². The second-order valence-corrected chi connectivity index (χ2v) is 5.06. The molecule has 1 aliphatic rings. The average molecular weight is 235 g/mol. The van der Waals surface area contributed by atoms with Gasteiger partial charge >= 0.3 is 0 Å². The molecule has 3 heteroatoms. The zero-order chi connectivity index (χ0) is 12.6. The number of benzene rings is 1. The normalized spacial score (nSPS) is 17.6. The fourth-order valence-corrected chi connectivity index (χ4v) is 2.68. The van der Waals surface area contributed by atoms with Crippen molar-refractivity contribution in [3.05, 3.63) is 22.8 Å². The van der Waals surface area contributed by atoms with Gasteiger partial charge in [0.2, 0.25) is 0 Å². The SMILES string of the molecule is COc1cc(C2(CN)CCC2)c(O)c(C)c1C. The molecule has 0 radical (unpaired) electrons. The molecule has 0 heterocycles. The van der Waals surface area contributed by atoms with Crippen LogP contribution in [0.4, 0.5) is 0 Å². The second kappa shape index (κ2) is 4.22. The van der Waals surface area contributed by atoms with Gasteiger partial charge in [0.25, 0.3) is 0 Å². The van der Waals surface area contributed by atoms with E-state index in [1.807, 2.05) is 19.9 Å². The highest BCUT2D eigenvalue weighted by molar-refractivity contribution is 5.55. The molecule has 0 spiro atoms. The molecule has 1 fully saturated rings. The van der Waals surface area contributed by atoms with E-state index in [0.717, 1.165) is 35.3 Å². The number of phenols is 1. The van der Waals surface area contributed by atoms with Gasteiger partial charge in [0, 0.05) is 17.5 Å². The van der Waals surface area contributed by atoms with Crippen LogP contribution >= 0.6 is 0 Å². The average Bonchev–Trinajstić information content (AvgIpc) is 2.28. The van der Waals surface area contributed by atoms with Crippen molar-refractivity contribution in [3.8, 4) is 11.5 Å². The van der Waals surface area contributed by atoms with Crippen molar-refractivity contribution in [1.29, 1.82) is 0 Å². The molecule has 0 unspecified atom stereocenters. The van der Waals surface area contributed by atoms with E-state index in [9.17, 15) is 5.11 Å². The van der Waals surface area contributed by atoms with E-state index >= 15 is 0 Å². The Bertz CT molecular complexity index is 431. The van der Waals surface area contributed by atoms with Crippen LogP contribution in [0.25, 0.3) is 0 Å². The summed E-state index contributed by atoms with van der Waals surface area (Å²) in [6.07, 6.45) is 3.30. The third kappa shape index (κ3) is 1.69. The summed E-state index contributed by atoms with van der Waals surface area (Å²) in [5, 5.41) is 10.3. The van der Waals surface area contributed by atoms with E-state index in [-0.39, 0.29) is 5.41 Å². The Labute approximate surface area is 103 Å². The molecular weight excluding hydrogens is 214 g/mol. The summed E-state index contributed by atoms with van der Waals surface area (Å²) < 4.78 is 5.38. The summed E-state index contributed by atoms with van der Waals surface area (Å²) in [7, 11) is 1.67. The van der Waals surface area contributed by atoms with Crippen LogP contribution < -0.4 is 10.5 Å². The first-order valence-corrected chi connectivity index (χ1v) is 6.13. The number of hydrogen-bond acceptors (Lipinski definition) is 3. The van der Waals surface area contributed by atoms with Crippen molar-refractivity contribution < 1.29 is 9.84 Å². The van der Waals surface area contributed by atoms with Gasteiger partial charge in [0.1, 0.15) is 11.5 Å². The van der Waals surface area contributed by atoms with Gasteiger partial charge in [-0.05, 0) is 43.9 Å². The van der Waals surface area contributed by atoms with Crippen molar-refractivity contribution in [2.45, 2.75) is 38.5 Å². The molecular formula is C14H21NO2. The molecule has 0 aliphatic heterocycles. The summed E-state index contributed by atoms with van der Waals surface area (Å²) in [6.45, 7) is 4.49. The van der Waals surface area contributed by atoms with Gasteiger partial charge in [-0.3, -0.25) is 0 Å². The van der Waals surface area contributed by atoms with Gasteiger partial charge in [-0.1, -0.05) is 6.42 Å². The fourth-order valence-electron chi connectivity index (χ4n) is 2.68. The molecule has 1 aromatic rings. The molecule has 0 amide bonds. The first-order chi connectivity index (χ1) is 8.05. The molecule has 3 N–H and O–H groups in total. The maximum absolute atomic E-state index is 10.3. The van der Waals surface area contributed by atoms with Crippen molar-refractivity contribution in [3.63, 3.8) is 0 Å². The number of phenolic OH excluding ortho intramolecular Hbond substituents is 1. The predicted octanol–water partition coefficient (Wildman–Crippen LogP) is 2.40. The molecule has 0 atom stereocenters. The minimum absolute atomic E-state index is 0.0319. The molecule has 0 aromatic heterocycles. The zero-order valence-corrected chi connectivity index (χ0v) is 10.8. The van der Waals surface area contributed by atoms with Crippen LogP contribution in [0, 0.1) is 13.8 Å². The Morgan fingerprint density at radius 2 is 2.00 bits per heavy atom. The lowest BCUT2D eigenvalue weighted by Gasteiger charge is -2.42. The molecule has 1 saturated carbocycles. The smallest absolute Gasteiger partial charge is 0.122 e. The summed E-state index contributed by atoms with van der Waals surface area (Å²) in [4.78, 5) is 0. The number of hydrogen-bond donors (Lipinski definition) is 2. The summed E-state index contributed by atoms with van der Waals surface area (Å²) in [6, 6.07) is 1.96. The van der Waals surface area contributed by atoms with Gasteiger partial charge in [-0.15, -0.1) is 0 Å². The van der Waals surface area contributed by atoms with Gasteiger partial charge in [-0.25, -0.2) is 0 Å². The van der Waals surface area contributed by atoms with Crippen LogP contribution in [0.2, 0.25) is 0 Å². The number of methoxy groups -OCH3 is 1. The lowest BCUT2D eigenvalue weighted by molar-refractivity contribution is 0.243. The van der Waals surface area contributed by atoms with Crippen LogP contribution in [0.3, 0.4) is 0 Å². The maximum atomic E-state index is 10.3. The number of ether oxygens (including phenoxy) is 1. The largest absolute Gasteiger partial charge is 0.507 e. The quantitative estimate of drug-likeness (QED) is 0.845. The lowest BCUT2D eigenvalue weighted by atomic mass is 9.64. The van der Waals surface area contributed by atoms with E-state index in [1.165, 1.54) is 6.42 Å². The Kier molecular flexibility index (Phi) is 3.04. The molecule has 1 aromatic carbocycles. The van der Waals surface area contributed by atoms with Crippen molar-refractivity contribution in [2.24, 2.45) is 5.73 Å².